The largest absolute Gasteiger partial charge is 0.452 e. The van der Waals surface area contributed by atoms with Gasteiger partial charge in [-0.3, -0.25) is 4.79 Å². The first-order chi connectivity index (χ1) is 6.19. The van der Waals surface area contributed by atoms with Crippen LogP contribution in [0.25, 0.3) is 0 Å². The molecule has 0 aromatic heterocycles. The molecule has 0 aromatic rings. The van der Waals surface area contributed by atoms with Gasteiger partial charge >= 0.3 is 5.97 Å². The number of terminal acetylenes is 1. The third-order valence-corrected chi connectivity index (χ3v) is 2.38. The SMILES string of the molecule is C#CCOC(=O)C1(C)CCOCC1. The summed E-state index contributed by atoms with van der Waals surface area (Å²) >= 11 is 0. The molecule has 13 heavy (non-hydrogen) atoms. The van der Waals surface area contributed by atoms with E-state index in [1.165, 1.54) is 0 Å². The molecule has 1 rings (SSSR count). The molecule has 0 saturated carbocycles. The minimum absolute atomic E-state index is 0.0648. The minimum atomic E-state index is -0.394. The van der Waals surface area contributed by atoms with Crippen molar-refractivity contribution in [2.24, 2.45) is 5.41 Å². The molecule has 0 aliphatic carbocycles. The van der Waals surface area contributed by atoms with Crippen LogP contribution in [0.4, 0.5) is 0 Å². The van der Waals surface area contributed by atoms with Gasteiger partial charge in [-0.15, -0.1) is 6.42 Å². The number of ether oxygens (including phenoxy) is 2. The average molecular weight is 182 g/mol. The fraction of sp³-hybridized carbons (Fsp3) is 0.700. The Kier molecular flexibility index (Phi) is 3.32. The molecule has 1 saturated heterocycles. The van der Waals surface area contributed by atoms with Crippen LogP contribution in [0.3, 0.4) is 0 Å². The van der Waals surface area contributed by atoms with Crippen molar-refractivity contribution in [1.29, 1.82) is 0 Å². The first kappa shape index (κ1) is 10.1. The molecule has 1 heterocycles. The third kappa shape index (κ3) is 2.46. The van der Waals surface area contributed by atoms with E-state index in [1.54, 1.807) is 0 Å². The molecule has 1 fully saturated rings. The van der Waals surface area contributed by atoms with Crippen LogP contribution in [0, 0.1) is 17.8 Å². The van der Waals surface area contributed by atoms with Gasteiger partial charge in [-0.05, 0) is 19.8 Å². The van der Waals surface area contributed by atoms with Gasteiger partial charge in [0.15, 0.2) is 6.61 Å². The summed E-state index contributed by atoms with van der Waals surface area (Å²) in [4.78, 5) is 11.5. The van der Waals surface area contributed by atoms with Crippen LogP contribution in [0.2, 0.25) is 0 Å². The third-order valence-electron chi connectivity index (χ3n) is 2.38. The summed E-state index contributed by atoms with van der Waals surface area (Å²) in [6, 6.07) is 0. The molecule has 1 aliphatic rings. The number of carbonyl (C=O) groups is 1. The molecule has 72 valence electrons. The fourth-order valence-electron chi connectivity index (χ4n) is 1.31. The lowest BCUT2D eigenvalue weighted by Crippen LogP contribution is -2.35. The zero-order chi connectivity index (χ0) is 9.73. The number of hydrogen-bond acceptors (Lipinski definition) is 3. The van der Waals surface area contributed by atoms with E-state index in [0.29, 0.717) is 13.2 Å². The van der Waals surface area contributed by atoms with E-state index < -0.39 is 5.41 Å². The van der Waals surface area contributed by atoms with E-state index in [-0.39, 0.29) is 12.6 Å². The van der Waals surface area contributed by atoms with Crippen molar-refractivity contribution in [1.82, 2.24) is 0 Å². The zero-order valence-electron chi connectivity index (χ0n) is 7.84. The molecule has 3 nitrogen and oxygen atoms in total. The van der Waals surface area contributed by atoms with Gasteiger partial charge in [0, 0.05) is 13.2 Å². The van der Waals surface area contributed by atoms with Crippen LogP contribution >= 0.6 is 0 Å². The summed E-state index contributed by atoms with van der Waals surface area (Å²) in [6.07, 6.45) is 6.43. The maximum absolute atomic E-state index is 11.5. The van der Waals surface area contributed by atoms with E-state index in [4.69, 9.17) is 15.9 Å². The molecule has 0 spiro atoms. The summed E-state index contributed by atoms with van der Waals surface area (Å²) in [6.45, 7) is 3.22. The topological polar surface area (TPSA) is 35.5 Å². The number of carbonyl (C=O) groups excluding carboxylic acids is 1. The second-order valence-corrected chi connectivity index (χ2v) is 3.45. The van der Waals surface area contributed by atoms with Gasteiger partial charge in [-0.1, -0.05) is 5.92 Å². The Hall–Kier alpha value is -1.01. The standard InChI is InChI=1S/C10H14O3/c1-3-6-13-9(11)10(2)4-7-12-8-5-10/h1H,4-8H2,2H3. The molecular formula is C10H14O3. The molecule has 0 atom stereocenters. The minimum Gasteiger partial charge on any atom is -0.452 e. The van der Waals surface area contributed by atoms with E-state index in [1.807, 2.05) is 6.92 Å². The van der Waals surface area contributed by atoms with Crippen molar-refractivity contribution >= 4 is 5.97 Å². The lowest BCUT2D eigenvalue weighted by atomic mass is 9.82. The fourth-order valence-corrected chi connectivity index (χ4v) is 1.31. The van der Waals surface area contributed by atoms with E-state index in [2.05, 4.69) is 5.92 Å². The normalized spacial score (nSPS) is 20.3. The summed E-state index contributed by atoms with van der Waals surface area (Å²) in [5.74, 6) is 2.08. The van der Waals surface area contributed by atoms with Crippen LogP contribution < -0.4 is 0 Å². The lowest BCUT2D eigenvalue weighted by Gasteiger charge is -2.30. The molecule has 0 unspecified atom stereocenters. The second-order valence-electron chi connectivity index (χ2n) is 3.45. The average Bonchev–Trinajstić information content (AvgIpc) is 2.15. The Labute approximate surface area is 78.4 Å². The number of rotatable bonds is 2. The predicted octanol–water partition coefficient (Wildman–Crippen LogP) is 0.979. The molecule has 0 N–H and O–H groups in total. The van der Waals surface area contributed by atoms with Crippen molar-refractivity contribution < 1.29 is 14.3 Å². The van der Waals surface area contributed by atoms with Gasteiger partial charge < -0.3 is 9.47 Å². The van der Waals surface area contributed by atoms with Crippen LogP contribution in [-0.2, 0) is 14.3 Å². The molecular weight excluding hydrogens is 168 g/mol. The molecule has 0 amide bonds. The highest BCUT2D eigenvalue weighted by atomic mass is 16.5. The predicted molar refractivity (Wildman–Crippen MR) is 48.0 cm³/mol. The smallest absolute Gasteiger partial charge is 0.312 e. The zero-order valence-corrected chi connectivity index (χ0v) is 7.84. The van der Waals surface area contributed by atoms with Crippen LogP contribution in [0.1, 0.15) is 19.8 Å². The Morgan fingerprint density at radius 2 is 2.23 bits per heavy atom. The monoisotopic (exact) mass is 182 g/mol. The first-order valence-corrected chi connectivity index (χ1v) is 4.37. The van der Waals surface area contributed by atoms with Gasteiger partial charge in [0.25, 0.3) is 0 Å². The lowest BCUT2D eigenvalue weighted by molar-refractivity contribution is -0.158. The molecule has 3 heteroatoms. The Bertz CT molecular complexity index is 221. The highest BCUT2D eigenvalue weighted by Crippen LogP contribution is 2.30. The van der Waals surface area contributed by atoms with Gasteiger partial charge in [0.2, 0.25) is 0 Å². The van der Waals surface area contributed by atoms with Crippen LogP contribution in [-0.4, -0.2) is 25.8 Å². The highest BCUT2D eigenvalue weighted by molar-refractivity contribution is 5.76. The van der Waals surface area contributed by atoms with E-state index in [9.17, 15) is 4.79 Å². The maximum Gasteiger partial charge on any atom is 0.312 e. The Balaban J connectivity index is 2.47. The molecule has 0 aromatic carbocycles. The molecule has 0 bridgehead atoms. The Morgan fingerprint density at radius 1 is 1.62 bits per heavy atom. The maximum atomic E-state index is 11.5. The van der Waals surface area contributed by atoms with Crippen molar-refractivity contribution in [2.75, 3.05) is 19.8 Å². The number of hydrogen-bond donors (Lipinski definition) is 0. The van der Waals surface area contributed by atoms with Crippen LogP contribution in [0.15, 0.2) is 0 Å². The summed E-state index contributed by atoms with van der Waals surface area (Å²) in [5.41, 5.74) is -0.394. The highest BCUT2D eigenvalue weighted by Gasteiger charge is 2.36. The quantitative estimate of drug-likeness (QED) is 0.471. The van der Waals surface area contributed by atoms with Crippen molar-refractivity contribution in [3.8, 4) is 12.3 Å². The van der Waals surface area contributed by atoms with Gasteiger partial charge in [-0.2, -0.15) is 0 Å². The molecule has 1 aliphatic heterocycles. The Morgan fingerprint density at radius 3 is 2.77 bits per heavy atom. The van der Waals surface area contributed by atoms with E-state index in [0.717, 1.165) is 12.8 Å². The number of esters is 1. The summed E-state index contributed by atoms with van der Waals surface area (Å²) in [7, 11) is 0. The van der Waals surface area contributed by atoms with Crippen molar-refractivity contribution in [2.45, 2.75) is 19.8 Å². The van der Waals surface area contributed by atoms with Gasteiger partial charge in [-0.25, -0.2) is 0 Å². The van der Waals surface area contributed by atoms with Crippen LogP contribution in [0.5, 0.6) is 0 Å². The van der Waals surface area contributed by atoms with Crippen molar-refractivity contribution in [3.63, 3.8) is 0 Å². The first-order valence-electron chi connectivity index (χ1n) is 4.37. The van der Waals surface area contributed by atoms with Crippen molar-refractivity contribution in [3.05, 3.63) is 0 Å². The van der Waals surface area contributed by atoms with Gasteiger partial charge in [0.05, 0.1) is 5.41 Å². The van der Waals surface area contributed by atoms with Gasteiger partial charge in [0.1, 0.15) is 0 Å². The second kappa shape index (κ2) is 4.29. The summed E-state index contributed by atoms with van der Waals surface area (Å²) < 4.78 is 10.1. The summed E-state index contributed by atoms with van der Waals surface area (Å²) in [5, 5.41) is 0. The van der Waals surface area contributed by atoms with E-state index >= 15 is 0 Å². The molecule has 0 radical (unpaired) electrons.